The van der Waals surface area contributed by atoms with E-state index < -0.39 is 6.10 Å². The Morgan fingerprint density at radius 3 is 2.10 bits per heavy atom. The molecular formula is C19H28O2. The van der Waals surface area contributed by atoms with E-state index >= 15 is 0 Å². The van der Waals surface area contributed by atoms with Crippen LogP contribution in [0.2, 0.25) is 0 Å². The van der Waals surface area contributed by atoms with E-state index in [9.17, 15) is 5.11 Å². The lowest BCUT2D eigenvalue weighted by Gasteiger charge is -2.25. The van der Waals surface area contributed by atoms with Gasteiger partial charge in [0.2, 0.25) is 0 Å². The van der Waals surface area contributed by atoms with Gasteiger partial charge >= 0.3 is 0 Å². The molecule has 21 heavy (non-hydrogen) atoms. The molecular weight excluding hydrogens is 260 g/mol. The van der Waals surface area contributed by atoms with Crippen molar-refractivity contribution in [1.29, 1.82) is 0 Å². The summed E-state index contributed by atoms with van der Waals surface area (Å²) in [5.41, 5.74) is 3.52. The van der Waals surface area contributed by atoms with E-state index in [4.69, 9.17) is 4.42 Å². The van der Waals surface area contributed by atoms with Gasteiger partial charge < -0.3 is 9.52 Å². The van der Waals surface area contributed by atoms with Crippen LogP contribution in [0, 0.1) is 0 Å². The molecule has 2 aromatic rings. The van der Waals surface area contributed by atoms with E-state index in [2.05, 4.69) is 53.7 Å². The molecule has 0 saturated carbocycles. The van der Waals surface area contributed by atoms with Crippen LogP contribution in [0.1, 0.15) is 77.9 Å². The zero-order chi connectivity index (χ0) is 16.0. The second-order valence-electron chi connectivity index (χ2n) is 8.01. The number of furan rings is 1. The van der Waals surface area contributed by atoms with Crippen LogP contribution in [0.15, 0.2) is 22.6 Å². The summed E-state index contributed by atoms with van der Waals surface area (Å²) in [5, 5.41) is 11.2. The van der Waals surface area contributed by atoms with Crippen molar-refractivity contribution >= 4 is 11.0 Å². The van der Waals surface area contributed by atoms with E-state index in [0.717, 1.165) is 11.0 Å². The van der Waals surface area contributed by atoms with Crippen LogP contribution in [0.5, 0.6) is 0 Å². The SMILES string of the molecule is CCC(O)c1cc2cc(C(C)(C)C)cc(C(C)(C)C)c2o1. The molecule has 0 aliphatic rings. The average molecular weight is 288 g/mol. The van der Waals surface area contributed by atoms with Gasteiger partial charge in [-0.2, -0.15) is 0 Å². The fraction of sp³-hybridized carbons (Fsp3) is 0.579. The highest BCUT2D eigenvalue weighted by Gasteiger charge is 2.25. The summed E-state index contributed by atoms with van der Waals surface area (Å²) in [6, 6.07) is 6.45. The third-order valence-electron chi connectivity index (χ3n) is 4.02. The molecule has 1 unspecified atom stereocenters. The van der Waals surface area contributed by atoms with Crippen molar-refractivity contribution in [2.75, 3.05) is 0 Å². The van der Waals surface area contributed by atoms with Gasteiger partial charge in [-0.05, 0) is 34.9 Å². The standard InChI is InChI=1S/C19H28O2/c1-8-15(20)16-10-12-9-13(18(2,3)4)11-14(17(12)21-16)19(5,6)7/h9-11,15,20H,8H2,1-7H3. The van der Waals surface area contributed by atoms with Crippen molar-refractivity contribution in [3.63, 3.8) is 0 Å². The maximum atomic E-state index is 10.1. The first kappa shape index (κ1) is 16.1. The first-order chi connectivity index (χ1) is 9.54. The molecule has 1 aromatic heterocycles. The molecule has 0 bridgehead atoms. The summed E-state index contributed by atoms with van der Waals surface area (Å²) in [6.07, 6.45) is 0.139. The van der Waals surface area contributed by atoms with E-state index in [1.807, 2.05) is 13.0 Å². The number of benzene rings is 1. The number of rotatable bonds is 2. The third kappa shape index (κ3) is 3.16. The van der Waals surface area contributed by atoms with Gasteiger partial charge in [-0.15, -0.1) is 0 Å². The molecule has 0 radical (unpaired) electrons. The van der Waals surface area contributed by atoms with Crippen LogP contribution >= 0.6 is 0 Å². The van der Waals surface area contributed by atoms with Crippen molar-refractivity contribution in [2.45, 2.75) is 71.8 Å². The lowest BCUT2D eigenvalue weighted by molar-refractivity contribution is 0.148. The van der Waals surface area contributed by atoms with E-state index in [1.54, 1.807) is 0 Å². The van der Waals surface area contributed by atoms with E-state index in [1.165, 1.54) is 11.1 Å². The zero-order valence-corrected chi connectivity index (χ0v) is 14.4. The summed E-state index contributed by atoms with van der Waals surface area (Å²) >= 11 is 0. The second kappa shape index (κ2) is 5.17. The van der Waals surface area contributed by atoms with E-state index in [0.29, 0.717) is 12.2 Å². The summed E-state index contributed by atoms with van der Waals surface area (Å²) in [4.78, 5) is 0. The van der Waals surface area contributed by atoms with Gasteiger partial charge in [0.15, 0.2) is 0 Å². The molecule has 0 aliphatic carbocycles. The number of aliphatic hydroxyl groups is 1. The van der Waals surface area contributed by atoms with Crippen molar-refractivity contribution in [2.24, 2.45) is 0 Å². The van der Waals surface area contributed by atoms with Crippen LogP contribution in [-0.2, 0) is 10.8 Å². The van der Waals surface area contributed by atoms with Crippen molar-refractivity contribution in [1.82, 2.24) is 0 Å². The molecule has 0 spiro atoms. The molecule has 0 saturated heterocycles. The first-order valence-corrected chi connectivity index (χ1v) is 7.80. The highest BCUT2D eigenvalue weighted by molar-refractivity contribution is 5.83. The predicted molar refractivity (Wildman–Crippen MR) is 88.9 cm³/mol. The normalized spacial score (nSPS) is 14.7. The Labute approximate surface area is 128 Å². The second-order valence-corrected chi connectivity index (χ2v) is 8.01. The average Bonchev–Trinajstić information content (AvgIpc) is 2.77. The minimum Gasteiger partial charge on any atom is -0.458 e. The Bertz CT molecular complexity index is 636. The zero-order valence-electron chi connectivity index (χ0n) is 14.4. The minimum atomic E-state index is -0.525. The summed E-state index contributed by atoms with van der Waals surface area (Å²) in [6.45, 7) is 15.2. The largest absolute Gasteiger partial charge is 0.458 e. The molecule has 0 amide bonds. The van der Waals surface area contributed by atoms with Crippen molar-refractivity contribution < 1.29 is 9.52 Å². The molecule has 1 heterocycles. The molecule has 2 nitrogen and oxygen atoms in total. The molecule has 116 valence electrons. The van der Waals surface area contributed by atoms with Crippen LogP contribution < -0.4 is 0 Å². The molecule has 2 heteroatoms. The topological polar surface area (TPSA) is 33.4 Å². The van der Waals surface area contributed by atoms with Gasteiger partial charge in [0.25, 0.3) is 0 Å². The Morgan fingerprint density at radius 1 is 1.00 bits per heavy atom. The summed E-state index contributed by atoms with van der Waals surface area (Å²) in [5.74, 6) is 0.670. The van der Waals surface area contributed by atoms with Gasteiger partial charge in [-0.25, -0.2) is 0 Å². The Morgan fingerprint density at radius 2 is 1.62 bits per heavy atom. The quantitative estimate of drug-likeness (QED) is 0.794. The number of hydrogen-bond donors (Lipinski definition) is 1. The maximum Gasteiger partial charge on any atom is 0.138 e. The van der Waals surface area contributed by atoms with Gasteiger partial charge in [0, 0.05) is 10.9 Å². The predicted octanol–water partition coefficient (Wildman–Crippen LogP) is 5.47. The van der Waals surface area contributed by atoms with Crippen LogP contribution in [0.4, 0.5) is 0 Å². The molecule has 1 N–H and O–H groups in total. The number of hydrogen-bond acceptors (Lipinski definition) is 2. The van der Waals surface area contributed by atoms with Gasteiger partial charge in [0.05, 0.1) is 0 Å². The summed E-state index contributed by atoms with van der Waals surface area (Å²) < 4.78 is 6.00. The first-order valence-electron chi connectivity index (χ1n) is 7.80. The summed E-state index contributed by atoms with van der Waals surface area (Å²) in [7, 11) is 0. The van der Waals surface area contributed by atoms with Gasteiger partial charge in [0.1, 0.15) is 17.4 Å². The monoisotopic (exact) mass is 288 g/mol. The molecule has 1 atom stereocenters. The highest BCUT2D eigenvalue weighted by Crippen LogP contribution is 2.37. The van der Waals surface area contributed by atoms with E-state index in [-0.39, 0.29) is 10.8 Å². The third-order valence-corrected chi connectivity index (χ3v) is 4.02. The molecule has 2 rings (SSSR count). The Kier molecular flexibility index (Phi) is 3.96. The van der Waals surface area contributed by atoms with Gasteiger partial charge in [-0.3, -0.25) is 0 Å². The minimum absolute atomic E-state index is 0.00575. The van der Waals surface area contributed by atoms with Crippen LogP contribution in [0.3, 0.4) is 0 Å². The van der Waals surface area contributed by atoms with Crippen molar-refractivity contribution in [3.05, 3.63) is 35.1 Å². The molecule has 1 aromatic carbocycles. The Balaban J connectivity index is 2.75. The maximum absolute atomic E-state index is 10.1. The smallest absolute Gasteiger partial charge is 0.138 e. The molecule has 0 fully saturated rings. The van der Waals surface area contributed by atoms with Gasteiger partial charge in [-0.1, -0.05) is 54.5 Å². The number of fused-ring (bicyclic) bond motifs is 1. The molecule has 0 aliphatic heterocycles. The lowest BCUT2D eigenvalue weighted by Crippen LogP contribution is -2.16. The Hall–Kier alpha value is -1.28. The highest BCUT2D eigenvalue weighted by atomic mass is 16.4. The van der Waals surface area contributed by atoms with Crippen LogP contribution in [0.25, 0.3) is 11.0 Å². The van der Waals surface area contributed by atoms with Crippen LogP contribution in [-0.4, -0.2) is 5.11 Å². The lowest BCUT2D eigenvalue weighted by atomic mass is 9.80. The fourth-order valence-corrected chi connectivity index (χ4v) is 2.53. The number of aliphatic hydroxyl groups excluding tert-OH is 1. The van der Waals surface area contributed by atoms with Crippen molar-refractivity contribution in [3.8, 4) is 0 Å². The fourth-order valence-electron chi connectivity index (χ4n) is 2.53.